The van der Waals surface area contributed by atoms with Crippen LogP contribution < -0.4 is 15.5 Å². The Morgan fingerprint density at radius 3 is 2.50 bits per heavy atom. The molecule has 28 heavy (non-hydrogen) atoms. The molecule has 0 aliphatic rings. The van der Waals surface area contributed by atoms with Crippen LogP contribution in [-0.2, 0) is 4.79 Å². The van der Waals surface area contributed by atoms with Crippen molar-refractivity contribution in [3.05, 3.63) is 57.2 Å². The first-order chi connectivity index (χ1) is 13.3. The van der Waals surface area contributed by atoms with Gasteiger partial charge in [-0.15, -0.1) is 0 Å². The average Bonchev–Trinajstić information content (AvgIpc) is 2.68. The summed E-state index contributed by atoms with van der Waals surface area (Å²) < 4.78 is 5.70. The number of hydrogen-bond donors (Lipinski definition) is 3. The predicted octanol–water partition coefficient (Wildman–Crippen LogP) is 2.91. The molecule has 0 heterocycles. The number of amides is 2. The second kappa shape index (κ2) is 10.1. The number of methoxy groups -OCH3 is 1. The molecule has 1 atom stereocenters. The van der Waals surface area contributed by atoms with Gasteiger partial charge in [-0.25, -0.2) is 5.43 Å². The van der Waals surface area contributed by atoms with E-state index in [2.05, 4.69) is 15.8 Å². The SMILES string of the molecule is COc1cc(/C=N/NC(=O)C(NC(=O)c2ccccc2)C(C)C)cc(I)c1O. The number of phenolic OH excluding ortho intramolecular Hbond substituents is 1. The van der Waals surface area contributed by atoms with Crippen molar-refractivity contribution in [2.75, 3.05) is 7.11 Å². The van der Waals surface area contributed by atoms with Gasteiger partial charge in [0.2, 0.25) is 0 Å². The Bertz CT molecular complexity index is 869. The molecule has 2 rings (SSSR count). The maximum atomic E-state index is 12.5. The van der Waals surface area contributed by atoms with Gasteiger partial charge < -0.3 is 15.2 Å². The number of benzene rings is 2. The van der Waals surface area contributed by atoms with Crippen molar-refractivity contribution in [1.29, 1.82) is 0 Å². The van der Waals surface area contributed by atoms with Gasteiger partial charge in [-0.2, -0.15) is 5.10 Å². The molecule has 2 aromatic rings. The Kier molecular flexibility index (Phi) is 7.80. The van der Waals surface area contributed by atoms with Crippen LogP contribution in [0.25, 0.3) is 0 Å². The lowest BCUT2D eigenvalue weighted by Crippen LogP contribution is -2.48. The fraction of sp³-hybridized carbons (Fsp3) is 0.250. The van der Waals surface area contributed by atoms with Gasteiger partial charge in [-0.1, -0.05) is 32.0 Å². The minimum Gasteiger partial charge on any atom is -0.504 e. The van der Waals surface area contributed by atoms with E-state index < -0.39 is 11.9 Å². The first-order valence-electron chi connectivity index (χ1n) is 8.58. The smallest absolute Gasteiger partial charge is 0.262 e. The number of phenols is 1. The zero-order valence-electron chi connectivity index (χ0n) is 15.8. The van der Waals surface area contributed by atoms with E-state index in [1.807, 2.05) is 42.5 Å². The number of nitrogens with one attached hydrogen (secondary N) is 2. The highest BCUT2D eigenvalue weighted by atomic mass is 127. The summed E-state index contributed by atoms with van der Waals surface area (Å²) in [6.45, 7) is 3.68. The third-order valence-corrected chi connectivity index (χ3v) is 4.75. The Morgan fingerprint density at radius 2 is 1.89 bits per heavy atom. The molecule has 0 spiro atoms. The van der Waals surface area contributed by atoms with Gasteiger partial charge in [-0.3, -0.25) is 9.59 Å². The summed E-state index contributed by atoms with van der Waals surface area (Å²) in [6.07, 6.45) is 1.44. The van der Waals surface area contributed by atoms with Crippen LogP contribution in [0.2, 0.25) is 0 Å². The van der Waals surface area contributed by atoms with E-state index in [9.17, 15) is 14.7 Å². The van der Waals surface area contributed by atoms with E-state index in [0.717, 1.165) is 0 Å². The maximum absolute atomic E-state index is 12.5. The van der Waals surface area contributed by atoms with Crippen molar-refractivity contribution in [2.45, 2.75) is 19.9 Å². The fourth-order valence-electron chi connectivity index (χ4n) is 2.41. The molecule has 0 aliphatic heterocycles. The second-order valence-electron chi connectivity index (χ2n) is 6.35. The third kappa shape index (κ3) is 5.69. The monoisotopic (exact) mass is 495 g/mol. The van der Waals surface area contributed by atoms with E-state index >= 15 is 0 Å². The van der Waals surface area contributed by atoms with Crippen LogP contribution in [0.4, 0.5) is 0 Å². The number of halogens is 1. The largest absolute Gasteiger partial charge is 0.504 e. The number of nitrogens with zero attached hydrogens (tertiary/aromatic N) is 1. The van der Waals surface area contributed by atoms with Crippen LogP contribution in [0, 0.1) is 9.49 Å². The number of hydrogen-bond acceptors (Lipinski definition) is 5. The molecule has 0 saturated heterocycles. The van der Waals surface area contributed by atoms with E-state index in [1.165, 1.54) is 13.3 Å². The van der Waals surface area contributed by atoms with Crippen molar-refractivity contribution in [1.82, 2.24) is 10.7 Å². The highest BCUT2D eigenvalue weighted by Crippen LogP contribution is 2.31. The lowest BCUT2D eigenvalue weighted by atomic mass is 10.0. The summed E-state index contributed by atoms with van der Waals surface area (Å²) in [5.41, 5.74) is 3.58. The molecule has 148 valence electrons. The normalized spacial score (nSPS) is 12.0. The quantitative estimate of drug-likeness (QED) is 0.313. The molecular formula is C20H22IN3O4. The second-order valence-corrected chi connectivity index (χ2v) is 7.51. The minimum absolute atomic E-state index is 0.0489. The Hall–Kier alpha value is -2.62. The Labute approximate surface area is 177 Å². The summed E-state index contributed by atoms with van der Waals surface area (Å²) in [4.78, 5) is 24.8. The molecule has 7 nitrogen and oxygen atoms in total. The highest BCUT2D eigenvalue weighted by molar-refractivity contribution is 14.1. The van der Waals surface area contributed by atoms with E-state index in [0.29, 0.717) is 20.4 Å². The van der Waals surface area contributed by atoms with Crippen molar-refractivity contribution in [2.24, 2.45) is 11.0 Å². The van der Waals surface area contributed by atoms with Gasteiger partial charge in [0.05, 0.1) is 16.9 Å². The lowest BCUT2D eigenvalue weighted by molar-refractivity contribution is -0.123. The van der Waals surface area contributed by atoms with Crippen LogP contribution in [0.1, 0.15) is 29.8 Å². The minimum atomic E-state index is -0.737. The van der Waals surface area contributed by atoms with Gasteiger partial charge in [0.1, 0.15) is 6.04 Å². The van der Waals surface area contributed by atoms with Gasteiger partial charge >= 0.3 is 0 Å². The molecule has 0 aliphatic carbocycles. The molecule has 1 unspecified atom stereocenters. The molecule has 0 radical (unpaired) electrons. The standard InChI is InChI=1S/C20H22IN3O4/c1-12(2)17(23-19(26)14-7-5-4-6-8-14)20(27)24-22-11-13-9-15(21)18(25)16(10-13)28-3/h4-12,17,25H,1-3H3,(H,23,26)(H,24,27)/b22-11+. The van der Waals surface area contributed by atoms with Gasteiger partial charge in [0, 0.05) is 5.56 Å². The molecule has 2 amide bonds. The zero-order chi connectivity index (χ0) is 20.7. The van der Waals surface area contributed by atoms with E-state index in [1.54, 1.807) is 36.4 Å². The van der Waals surface area contributed by atoms with Gasteiger partial charge in [0.15, 0.2) is 11.5 Å². The van der Waals surface area contributed by atoms with Crippen LogP contribution >= 0.6 is 22.6 Å². The third-order valence-electron chi connectivity index (χ3n) is 3.93. The number of aromatic hydroxyl groups is 1. The summed E-state index contributed by atoms with van der Waals surface area (Å²) >= 11 is 1.98. The first kappa shape index (κ1) is 21.7. The number of carbonyl (C=O) groups is 2. The summed E-state index contributed by atoms with van der Waals surface area (Å²) in [6, 6.07) is 11.3. The predicted molar refractivity (Wildman–Crippen MR) is 116 cm³/mol. The maximum Gasteiger partial charge on any atom is 0.262 e. The van der Waals surface area contributed by atoms with Crippen molar-refractivity contribution >= 4 is 40.6 Å². The summed E-state index contributed by atoms with van der Waals surface area (Å²) in [7, 11) is 1.45. The molecule has 0 aromatic heterocycles. The number of hydrazone groups is 1. The topological polar surface area (TPSA) is 100 Å². The van der Waals surface area contributed by atoms with E-state index in [4.69, 9.17) is 4.74 Å². The van der Waals surface area contributed by atoms with Crippen molar-refractivity contribution < 1.29 is 19.4 Å². The average molecular weight is 495 g/mol. The number of rotatable bonds is 7. The molecular weight excluding hydrogens is 473 g/mol. The molecule has 3 N–H and O–H groups in total. The molecule has 2 aromatic carbocycles. The van der Waals surface area contributed by atoms with Crippen LogP contribution in [0.15, 0.2) is 47.6 Å². The van der Waals surface area contributed by atoms with Crippen molar-refractivity contribution in [3.63, 3.8) is 0 Å². The fourth-order valence-corrected chi connectivity index (χ4v) is 3.04. The Morgan fingerprint density at radius 1 is 1.21 bits per heavy atom. The van der Waals surface area contributed by atoms with E-state index in [-0.39, 0.29) is 17.6 Å². The molecule has 8 heteroatoms. The van der Waals surface area contributed by atoms with Crippen LogP contribution in [-0.4, -0.2) is 36.3 Å². The first-order valence-corrected chi connectivity index (χ1v) is 9.66. The summed E-state index contributed by atoms with van der Waals surface area (Å²) in [5.74, 6) is -0.507. The van der Waals surface area contributed by atoms with Crippen molar-refractivity contribution in [3.8, 4) is 11.5 Å². The van der Waals surface area contributed by atoms with Crippen LogP contribution in [0.3, 0.4) is 0 Å². The number of carbonyl (C=O) groups excluding carboxylic acids is 2. The molecule has 0 bridgehead atoms. The van der Waals surface area contributed by atoms with Gasteiger partial charge in [-0.05, 0) is 58.3 Å². The van der Waals surface area contributed by atoms with Crippen LogP contribution in [0.5, 0.6) is 11.5 Å². The Balaban J connectivity index is 2.05. The van der Waals surface area contributed by atoms with Gasteiger partial charge in [0.25, 0.3) is 11.8 Å². The number of ether oxygens (including phenoxy) is 1. The lowest BCUT2D eigenvalue weighted by Gasteiger charge is -2.20. The summed E-state index contributed by atoms with van der Waals surface area (Å²) in [5, 5.41) is 16.6. The molecule has 0 fully saturated rings. The molecule has 0 saturated carbocycles. The zero-order valence-corrected chi connectivity index (χ0v) is 17.9. The highest BCUT2D eigenvalue weighted by Gasteiger charge is 2.24.